The Balaban J connectivity index is 1.84. The van der Waals surface area contributed by atoms with Gasteiger partial charge in [-0.25, -0.2) is 0 Å². The molecule has 0 aromatic rings. The Kier molecular flexibility index (Phi) is 9.39. The van der Waals surface area contributed by atoms with Crippen LogP contribution in [0.2, 0.25) is 0 Å². The van der Waals surface area contributed by atoms with Crippen LogP contribution in [-0.2, 0) is 18.9 Å². The lowest BCUT2D eigenvalue weighted by atomic mass is 9.72. The highest BCUT2D eigenvalue weighted by molar-refractivity contribution is 5.17. The van der Waals surface area contributed by atoms with Crippen LogP contribution in [0.5, 0.6) is 0 Å². The fourth-order valence-corrected chi connectivity index (χ4v) is 5.89. The van der Waals surface area contributed by atoms with Crippen molar-refractivity contribution < 1.29 is 24.1 Å². The SMILES string of the molecule is C/C=C\C=C/C1OC(CC2OC3CCCCOC3(CC)CC2(CC)OC)CC=CC1(O)CC. The Hall–Kier alpha value is -0.980. The molecule has 2 saturated heterocycles. The molecule has 0 amide bonds. The summed E-state index contributed by atoms with van der Waals surface area (Å²) in [4.78, 5) is 0. The molecule has 3 heterocycles. The van der Waals surface area contributed by atoms with Gasteiger partial charge in [0.15, 0.2) is 0 Å². The Labute approximate surface area is 201 Å². The third-order valence-corrected chi connectivity index (χ3v) is 8.22. The number of allylic oxidation sites excluding steroid dienone is 3. The maximum absolute atomic E-state index is 11.2. The van der Waals surface area contributed by atoms with Crippen LogP contribution in [0.25, 0.3) is 0 Å². The number of aliphatic hydroxyl groups is 1. The lowest BCUT2D eigenvalue weighted by molar-refractivity contribution is -0.279. The minimum atomic E-state index is -1.00. The van der Waals surface area contributed by atoms with Gasteiger partial charge in [0.1, 0.15) is 11.7 Å². The van der Waals surface area contributed by atoms with E-state index in [0.29, 0.717) is 6.42 Å². The van der Waals surface area contributed by atoms with Gasteiger partial charge in [-0.3, -0.25) is 0 Å². The third kappa shape index (κ3) is 5.65. The monoisotopic (exact) mass is 462 g/mol. The smallest absolute Gasteiger partial charge is 0.112 e. The fourth-order valence-electron chi connectivity index (χ4n) is 5.89. The number of rotatable bonds is 8. The van der Waals surface area contributed by atoms with E-state index in [2.05, 4.69) is 19.9 Å². The first kappa shape index (κ1) is 26.6. The summed E-state index contributed by atoms with van der Waals surface area (Å²) in [6.45, 7) is 9.18. The molecule has 7 unspecified atom stereocenters. The zero-order chi connectivity index (χ0) is 24.0. The molecule has 0 aliphatic carbocycles. The van der Waals surface area contributed by atoms with Crippen LogP contribution in [0.15, 0.2) is 36.5 Å². The lowest BCUT2D eigenvalue weighted by Gasteiger charge is -2.54. The number of methoxy groups -OCH3 is 1. The molecular weight excluding hydrogens is 416 g/mol. The highest BCUT2D eigenvalue weighted by atomic mass is 16.6. The van der Waals surface area contributed by atoms with E-state index in [1.54, 1.807) is 0 Å². The minimum Gasteiger partial charge on any atom is -0.383 e. The molecule has 0 saturated carbocycles. The van der Waals surface area contributed by atoms with Gasteiger partial charge in [0.05, 0.1) is 29.5 Å². The first-order valence-corrected chi connectivity index (χ1v) is 13.1. The summed E-state index contributed by atoms with van der Waals surface area (Å²) >= 11 is 0. The van der Waals surface area contributed by atoms with Gasteiger partial charge in [0.2, 0.25) is 0 Å². The summed E-state index contributed by atoms with van der Waals surface area (Å²) in [7, 11) is 1.81. The van der Waals surface area contributed by atoms with Crippen LogP contribution in [0, 0.1) is 0 Å². The fraction of sp³-hybridized carbons (Fsp3) is 0.786. The van der Waals surface area contributed by atoms with E-state index in [9.17, 15) is 5.11 Å². The van der Waals surface area contributed by atoms with Crippen molar-refractivity contribution in [1.82, 2.24) is 0 Å². The van der Waals surface area contributed by atoms with Crippen molar-refractivity contribution in [3.63, 3.8) is 0 Å². The van der Waals surface area contributed by atoms with Gasteiger partial charge in [0.25, 0.3) is 0 Å². The van der Waals surface area contributed by atoms with E-state index >= 15 is 0 Å². The second kappa shape index (κ2) is 11.6. The number of fused-ring (bicyclic) bond motifs is 1. The van der Waals surface area contributed by atoms with Crippen LogP contribution < -0.4 is 0 Å². The van der Waals surface area contributed by atoms with Gasteiger partial charge in [0, 0.05) is 26.6 Å². The predicted molar refractivity (Wildman–Crippen MR) is 132 cm³/mol. The number of hydrogen-bond donors (Lipinski definition) is 1. The second-order valence-electron chi connectivity index (χ2n) is 9.98. The molecule has 33 heavy (non-hydrogen) atoms. The van der Waals surface area contributed by atoms with Crippen molar-refractivity contribution in [1.29, 1.82) is 0 Å². The van der Waals surface area contributed by atoms with Crippen molar-refractivity contribution in [2.45, 2.75) is 127 Å². The molecule has 5 heteroatoms. The Morgan fingerprint density at radius 1 is 1.09 bits per heavy atom. The average molecular weight is 463 g/mol. The van der Waals surface area contributed by atoms with E-state index in [4.69, 9.17) is 18.9 Å². The van der Waals surface area contributed by atoms with Crippen molar-refractivity contribution in [3.05, 3.63) is 36.5 Å². The third-order valence-electron chi connectivity index (χ3n) is 8.22. The molecule has 7 atom stereocenters. The molecule has 5 nitrogen and oxygen atoms in total. The van der Waals surface area contributed by atoms with Gasteiger partial charge < -0.3 is 24.1 Å². The molecule has 1 N–H and O–H groups in total. The summed E-state index contributed by atoms with van der Waals surface area (Å²) in [5.41, 5.74) is -1.69. The van der Waals surface area contributed by atoms with Crippen LogP contribution >= 0.6 is 0 Å². The van der Waals surface area contributed by atoms with E-state index in [1.165, 1.54) is 0 Å². The molecule has 0 spiro atoms. The van der Waals surface area contributed by atoms with E-state index < -0.39 is 17.3 Å². The number of hydrogen-bond acceptors (Lipinski definition) is 5. The zero-order valence-electron chi connectivity index (χ0n) is 21.4. The summed E-state index contributed by atoms with van der Waals surface area (Å²) < 4.78 is 26.2. The van der Waals surface area contributed by atoms with Gasteiger partial charge in [-0.05, 0) is 51.9 Å². The van der Waals surface area contributed by atoms with Crippen LogP contribution in [0.3, 0.4) is 0 Å². The average Bonchev–Trinajstić information content (AvgIpc) is 3.13. The van der Waals surface area contributed by atoms with Crippen LogP contribution in [0.1, 0.15) is 85.5 Å². The summed E-state index contributed by atoms with van der Waals surface area (Å²) in [5.74, 6) is 0. The quantitative estimate of drug-likeness (QED) is 0.372. The van der Waals surface area contributed by atoms with Gasteiger partial charge in [-0.2, -0.15) is 0 Å². The summed E-state index contributed by atoms with van der Waals surface area (Å²) in [6, 6.07) is 0. The topological polar surface area (TPSA) is 57.2 Å². The zero-order valence-corrected chi connectivity index (χ0v) is 21.4. The molecule has 0 radical (unpaired) electrons. The normalized spacial score (nSPS) is 42.4. The Morgan fingerprint density at radius 2 is 1.91 bits per heavy atom. The maximum atomic E-state index is 11.2. The van der Waals surface area contributed by atoms with E-state index in [0.717, 1.165) is 58.0 Å². The molecule has 188 valence electrons. The minimum absolute atomic E-state index is 0.0611. The highest BCUT2D eigenvalue weighted by Crippen LogP contribution is 2.48. The van der Waals surface area contributed by atoms with Gasteiger partial charge in [-0.1, -0.05) is 57.2 Å². The standard InChI is InChI=1S/C28H46O5/c1-6-10-11-16-23-26(29,7-2)18-14-15-22(32-23)20-25-27(8-3,30-5)21-28(9-4)24(33-25)17-12-13-19-31-28/h6,10-11,14,16,18,22-25,29H,7-9,12-13,15,17,19-21H2,1-5H3/b10-6-,16-11-. The molecule has 0 aromatic heterocycles. The lowest BCUT2D eigenvalue weighted by Crippen LogP contribution is -2.63. The first-order chi connectivity index (χ1) is 15.9. The van der Waals surface area contributed by atoms with Crippen molar-refractivity contribution >= 4 is 0 Å². The van der Waals surface area contributed by atoms with Gasteiger partial charge >= 0.3 is 0 Å². The Morgan fingerprint density at radius 3 is 2.58 bits per heavy atom. The van der Waals surface area contributed by atoms with Crippen LogP contribution in [-0.4, -0.2) is 60.0 Å². The first-order valence-electron chi connectivity index (χ1n) is 13.1. The maximum Gasteiger partial charge on any atom is 0.112 e. The predicted octanol–water partition coefficient (Wildman–Crippen LogP) is 5.67. The second-order valence-corrected chi connectivity index (χ2v) is 9.98. The van der Waals surface area contributed by atoms with Crippen molar-refractivity contribution in [2.75, 3.05) is 13.7 Å². The summed E-state index contributed by atoms with van der Waals surface area (Å²) in [6.07, 6.45) is 19.4. The largest absolute Gasteiger partial charge is 0.383 e. The Bertz CT molecular complexity index is 696. The van der Waals surface area contributed by atoms with Gasteiger partial charge in [-0.15, -0.1) is 0 Å². The molecular formula is C28H46O5. The molecule has 3 aliphatic heterocycles. The molecule has 3 rings (SSSR count). The number of ether oxygens (including phenoxy) is 4. The molecule has 2 fully saturated rings. The van der Waals surface area contributed by atoms with E-state index in [-0.39, 0.29) is 23.9 Å². The van der Waals surface area contributed by atoms with Crippen LogP contribution in [0.4, 0.5) is 0 Å². The van der Waals surface area contributed by atoms with Crippen molar-refractivity contribution in [2.24, 2.45) is 0 Å². The van der Waals surface area contributed by atoms with Crippen molar-refractivity contribution in [3.8, 4) is 0 Å². The highest BCUT2D eigenvalue weighted by Gasteiger charge is 2.56. The summed E-state index contributed by atoms with van der Waals surface area (Å²) in [5, 5.41) is 11.2. The molecule has 0 bridgehead atoms. The molecule has 0 aromatic carbocycles. The van der Waals surface area contributed by atoms with E-state index in [1.807, 2.05) is 51.3 Å². The molecule has 3 aliphatic rings.